The topological polar surface area (TPSA) is 84.6 Å². The summed E-state index contributed by atoms with van der Waals surface area (Å²) < 4.78 is 7.45. The third-order valence-electron chi connectivity index (χ3n) is 4.97. The minimum atomic E-state index is -0.533. The maximum Gasteiger partial charge on any atom is 0.419 e. The molecule has 0 radical (unpaired) electrons. The summed E-state index contributed by atoms with van der Waals surface area (Å²) in [5.74, 6) is -0.865. The largest absolute Gasteiger partial charge is 0.419 e. The number of nitrogens with zero attached hydrogens (tertiary/aromatic N) is 2. The average molecular weight is 444 g/mol. The molecule has 0 bridgehead atoms. The van der Waals surface area contributed by atoms with Crippen LogP contribution in [0.2, 0.25) is 0 Å². The number of oxazole rings is 1. The Bertz CT molecular complexity index is 1120. The lowest BCUT2D eigenvalue weighted by molar-refractivity contribution is -0.119. The molecule has 1 fully saturated rings. The van der Waals surface area contributed by atoms with Crippen molar-refractivity contribution in [3.8, 4) is 0 Å². The number of aromatic nitrogens is 1. The summed E-state index contributed by atoms with van der Waals surface area (Å²) in [7, 11) is 1.62. The molecule has 144 valence electrons. The average Bonchev–Trinajstić information content (AvgIpc) is 3.27. The highest BCUT2D eigenvalue weighted by atomic mass is 79.9. The lowest BCUT2D eigenvalue weighted by Crippen LogP contribution is -2.43. The highest BCUT2D eigenvalue weighted by Crippen LogP contribution is 2.24. The van der Waals surface area contributed by atoms with Gasteiger partial charge in [-0.2, -0.15) is 0 Å². The van der Waals surface area contributed by atoms with Crippen LogP contribution < -0.4 is 11.1 Å². The zero-order valence-electron chi connectivity index (χ0n) is 15.1. The fraction of sp³-hybridized carbons (Fsp3) is 0.250. The molecule has 7 nitrogen and oxygen atoms in total. The molecule has 1 aliphatic heterocycles. The van der Waals surface area contributed by atoms with Crippen LogP contribution in [0.3, 0.4) is 0 Å². The number of carbonyl (C=O) groups excluding carboxylic acids is 2. The maximum absolute atomic E-state index is 12.8. The third-order valence-corrected chi connectivity index (χ3v) is 5.50. The Labute approximate surface area is 169 Å². The van der Waals surface area contributed by atoms with Gasteiger partial charge < -0.3 is 14.6 Å². The molecule has 0 saturated carbocycles. The van der Waals surface area contributed by atoms with Gasteiger partial charge in [-0.1, -0.05) is 15.9 Å². The van der Waals surface area contributed by atoms with Gasteiger partial charge in [-0.05, 0) is 49.2 Å². The molecule has 1 aliphatic rings. The van der Waals surface area contributed by atoms with Crippen LogP contribution in [0, 0.1) is 0 Å². The van der Waals surface area contributed by atoms with Gasteiger partial charge in [-0.3, -0.25) is 14.2 Å². The van der Waals surface area contributed by atoms with Gasteiger partial charge in [0, 0.05) is 35.4 Å². The van der Waals surface area contributed by atoms with E-state index in [0.717, 1.165) is 10.9 Å². The first-order valence-electron chi connectivity index (χ1n) is 8.91. The van der Waals surface area contributed by atoms with Crippen LogP contribution in [-0.4, -0.2) is 33.9 Å². The Hall–Kier alpha value is -2.87. The molecule has 0 spiro atoms. The van der Waals surface area contributed by atoms with E-state index in [4.69, 9.17) is 4.42 Å². The number of fused-ring (bicyclic) bond motifs is 1. The monoisotopic (exact) mass is 443 g/mol. The van der Waals surface area contributed by atoms with Crippen LogP contribution in [0.1, 0.15) is 23.2 Å². The van der Waals surface area contributed by atoms with Gasteiger partial charge in [-0.15, -0.1) is 0 Å². The Morgan fingerprint density at radius 2 is 1.93 bits per heavy atom. The van der Waals surface area contributed by atoms with Crippen molar-refractivity contribution in [3.63, 3.8) is 0 Å². The smallest absolute Gasteiger partial charge is 0.408 e. The number of hydrogen-bond acceptors (Lipinski definition) is 4. The summed E-state index contributed by atoms with van der Waals surface area (Å²) >= 11 is 3.36. The fourth-order valence-corrected chi connectivity index (χ4v) is 3.74. The summed E-state index contributed by atoms with van der Waals surface area (Å²) in [6.45, 7) is 0.541. The molecule has 2 amide bonds. The van der Waals surface area contributed by atoms with Crippen molar-refractivity contribution in [2.75, 3.05) is 11.9 Å². The van der Waals surface area contributed by atoms with Gasteiger partial charge in [0.05, 0.1) is 5.52 Å². The van der Waals surface area contributed by atoms with E-state index in [-0.39, 0.29) is 11.8 Å². The van der Waals surface area contributed by atoms with Crippen LogP contribution in [0.4, 0.5) is 5.69 Å². The second-order valence-corrected chi connectivity index (χ2v) is 7.68. The van der Waals surface area contributed by atoms with E-state index in [1.54, 1.807) is 54.4 Å². The van der Waals surface area contributed by atoms with Gasteiger partial charge in [0.2, 0.25) is 5.91 Å². The van der Waals surface area contributed by atoms with Crippen LogP contribution in [0.15, 0.2) is 56.1 Å². The van der Waals surface area contributed by atoms with Gasteiger partial charge in [0.1, 0.15) is 6.04 Å². The standard InChI is InChI=1S/C20H18BrN3O4/c1-23-15-9-8-14(11-17(15)28-20(23)27)22-18(25)16-3-2-10-24(16)19(26)12-4-6-13(21)7-5-12/h4-9,11,16H,2-3,10H2,1H3,(H,22,25). The van der Waals surface area contributed by atoms with Crippen molar-refractivity contribution in [1.82, 2.24) is 9.47 Å². The molecule has 1 atom stereocenters. The van der Waals surface area contributed by atoms with E-state index < -0.39 is 11.8 Å². The SMILES string of the molecule is Cn1c(=O)oc2cc(NC(=O)C3CCCN3C(=O)c3ccc(Br)cc3)ccc21. The predicted molar refractivity (Wildman–Crippen MR) is 108 cm³/mol. The number of amides is 2. The number of likely N-dealkylation sites (tertiary alicyclic amines) is 1. The molecule has 2 aromatic carbocycles. The van der Waals surface area contributed by atoms with Crippen molar-refractivity contribution < 1.29 is 14.0 Å². The van der Waals surface area contributed by atoms with Crippen molar-refractivity contribution in [2.24, 2.45) is 7.05 Å². The van der Waals surface area contributed by atoms with Crippen LogP contribution in [-0.2, 0) is 11.8 Å². The second kappa shape index (κ2) is 7.27. The van der Waals surface area contributed by atoms with Crippen molar-refractivity contribution in [2.45, 2.75) is 18.9 Å². The molecule has 2 heterocycles. The molecule has 8 heteroatoms. The summed E-state index contributed by atoms with van der Waals surface area (Å²) in [5.41, 5.74) is 2.13. The zero-order valence-corrected chi connectivity index (χ0v) is 16.7. The summed E-state index contributed by atoms with van der Waals surface area (Å²) in [4.78, 5) is 38.9. The number of benzene rings is 2. The molecule has 1 unspecified atom stereocenters. The molecular weight excluding hydrogens is 426 g/mol. The van der Waals surface area contributed by atoms with E-state index in [9.17, 15) is 14.4 Å². The quantitative estimate of drug-likeness (QED) is 0.673. The number of aryl methyl sites for hydroxylation is 1. The maximum atomic E-state index is 12.8. The normalized spacial score (nSPS) is 16.5. The Balaban J connectivity index is 1.52. The van der Waals surface area contributed by atoms with E-state index in [1.807, 2.05) is 0 Å². The van der Waals surface area contributed by atoms with E-state index in [0.29, 0.717) is 35.3 Å². The molecule has 1 N–H and O–H groups in total. The summed E-state index contributed by atoms with van der Waals surface area (Å²) in [6, 6.07) is 11.6. The molecule has 1 saturated heterocycles. The van der Waals surface area contributed by atoms with Gasteiger partial charge in [0.15, 0.2) is 5.58 Å². The molecule has 4 rings (SSSR count). The van der Waals surface area contributed by atoms with Crippen LogP contribution in [0.25, 0.3) is 11.1 Å². The lowest BCUT2D eigenvalue weighted by atomic mass is 10.1. The number of hydrogen-bond donors (Lipinski definition) is 1. The zero-order chi connectivity index (χ0) is 19.8. The first-order chi connectivity index (χ1) is 13.4. The van der Waals surface area contributed by atoms with Crippen LogP contribution >= 0.6 is 15.9 Å². The van der Waals surface area contributed by atoms with Crippen molar-refractivity contribution in [1.29, 1.82) is 0 Å². The third kappa shape index (κ3) is 3.35. The summed E-state index contributed by atoms with van der Waals surface area (Å²) in [5, 5.41) is 2.84. The molecular formula is C20H18BrN3O4. The number of nitrogens with one attached hydrogen (secondary N) is 1. The first-order valence-corrected chi connectivity index (χ1v) is 9.70. The summed E-state index contributed by atoms with van der Waals surface area (Å²) in [6.07, 6.45) is 1.38. The Morgan fingerprint density at radius 3 is 2.68 bits per heavy atom. The van der Waals surface area contributed by atoms with E-state index in [1.165, 1.54) is 4.57 Å². The molecule has 3 aromatic rings. The second-order valence-electron chi connectivity index (χ2n) is 6.76. The van der Waals surface area contributed by atoms with Crippen molar-refractivity contribution in [3.05, 3.63) is 63.1 Å². The number of halogens is 1. The predicted octanol–water partition coefficient (Wildman–Crippen LogP) is 3.14. The Kier molecular flexibility index (Phi) is 4.80. The van der Waals surface area contributed by atoms with E-state index >= 15 is 0 Å². The Morgan fingerprint density at radius 1 is 1.18 bits per heavy atom. The highest BCUT2D eigenvalue weighted by Gasteiger charge is 2.34. The van der Waals surface area contributed by atoms with Crippen molar-refractivity contribution >= 4 is 44.5 Å². The van der Waals surface area contributed by atoms with Gasteiger partial charge in [0.25, 0.3) is 5.91 Å². The first kappa shape index (κ1) is 18.5. The van der Waals surface area contributed by atoms with E-state index in [2.05, 4.69) is 21.2 Å². The molecule has 28 heavy (non-hydrogen) atoms. The minimum Gasteiger partial charge on any atom is -0.408 e. The number of rotatable bonds is 3. The van der Waals surface area contributed by atoms with Crippen LogP contribution in [0.5, 0.6) is 0 Å². The highest BCUT2D eigenvalue weighted by molar-refractivity contribution is 9.10. The minimum absolute atomic E-state index is 0.158. The van der Waals surface area contributed by atoms with Gasteiger partial charge in [-0.25, -0.2) is 4.79 Å². The number of carbonyl (C=O) groups is 2. The van der Waals surface area contributed by atoms with Gasteiger partial charge >= 0.3 is 5.76 Å². The molecule has 1 aromatic heterocycles. The fourth-order valence-electron chi connectivity index (χ4n) is 3.48. The lowest BCUT2D eigenvalue weighted by Gasteiger charge is -2.24. The number of anilines is 1. The molecule has 0 aliphatic carbocycles.